The fraction of sp³-hybridized carbons (Fsp3) is 0.167. The highest BCUT2D eigenvalue weighted by Crippen LogP contribution is 2.23. The molecule has 1 amide bonds. The molecule has 3 rings (SSSR count). The van der Waals surface area contributed by atoms with Crippen molar-refractivity contribution in [3.05, 3.63) is 71.9 Å². The van der Waals surface area contributed by atoms with Crippen LogP contribution in [0.2, 0.25) is 5.02 Å². The highest BCUT2D eigenvalue weighted by molar-refractivity contribution is 14.1. The summed E-state index contributed by atoms with van der Waals surface area (Å²) in [5.74, 6) is -0.401. The van der Waals surface area contributed by atoms with Crippen LogP contribution in [0, 0.1) is 3.57 Å². The Labute approximate surface area is 167 Å². The Bertz CT molecular complexity index is 1120. The summed E-state index contributed by atoms with van der Waals surface area (Å²) < 4.78 is 3.37. The standard InChI is InChI=1S/C18H15ClIN3O3/c1-2-22-17(25)12-5-3-4-6-15(12)23(18(22)26)10-16(24)21-14-8-7-11(20)9-13(14)19/h3-9H,2,10H2,1H3,(H,21,24). The quantitative estimate of drug-likeness (QED) is 0.580. The summed E-state index contributed by atoms with van der Waals surface area (Å²) in [6.07, 6.45) is 0. The van der Waals surface area contributed by atoms with Crippen molar-refractivity contribution in [2.24, 2.45) is 0 Å². The number of hydrogen-bond acceptors (Lipinski definition) is 3. The first-order valence-electron chi connectivity index (χ1n) is 7.89. The molecule has 0 bridgehead atoms. The first-order chi connectivity index (χ1) is 12.4. The third-order valence-electron chi connectivity index (χ3n) is 3.96. The first-order valence-corrected chi connectivity index (χ1v) is 9.35. The number of aromatic nitrogens is 2. The molecule has 0 fully saturated rings. The summed E-state index contributed by atoms with van der Waals surface area (Å²) in [6.45, 7) is 1.72. The molecule has 0 spiro atoms. The number of fused-ring (bicyclic) bond motifs is 1. The van der Waals surface area contributed by atoms with E-state index in [1.54, 1.807) is 43.3 Å². The molecule has 26 heavy (non-hydrogen) atoms. The van der Waals surface area contributed by atoms with E-state index in [2.05, 4.69) is 27.9 Å². The van der Waals surface area contributed by atoms with E-state index in [1.807, 2.05) is 6.07 Å². The zero-order valence-electron chi connectivity index (χ0n) is 13.8. The molecular formula is C18H15ClIN3O3. The molecule has 0 aliphatic rings. The van der Waals surface area contributed by atoms with Gasteiger partial charge in [-0.2, -0.15) is 0 Å². The smallest absolute Gasteiger partial charge is 0.323 e. The Hall–Kier alpha value is -2.13. The average molecular weight is 484 g/mol. The molecule has 0 atom stereocenters. The fourth-order valence-electron chi connectivity index (χ4n) is 2.73. The van der Waals surface area contributed by atoms with E-state index in [-0.39, 0.29) is 18.6 Å². The Kier molecular flexibility index (Phi) is 5.47. The molecule has 1 N–H and O–H groups in total. The molecule has 0 saturated carbocycles. The van der Waals surface area contributed by atoms with Crippen LogP contribution >= 0.6 is 34.2 Å². The Morgan fingerprint density at radius 1 is 1.15 bits per heavy atom. The summed E-state index contributed by atoms with van der Waals surface area (Å²) in [5.41, 5.74) is 0.0276. The minimum atomic E-state index is -0.514. The highest BCUT2D eigenvalue weighted by Gasteiger charge is 2.15. The van der Waals surface area contributed by atoms with Crippen LogP contribution in [0.3, 0.4) is 0 Å². The van der Waals surface area contributed by atoms with Gasteiger partial charge in [-0.1, -0.05) is 23.7 Å². The van der Waals surface area contributed by atoms with Crippen molar-refractivity contribution >= 4 is 56.7 Å². The van der Waals surface area contributed by atoms with Crippen molar-refractivity contribution in [1.82, 2.24) is 9.13 Å². The number of para-hydroxylation sites is 1. The lowest BCUT2D eigenvalue weighted by molar-refractivity contribution is -0.116. The number of carbonyl (C=O) groups is 1. The van der Waals surface area contributed by atoms with Crippen LogP contribution in [-0.2, 0) is 17.9 Å². The van der Waals surface area contributed by atoms with Crippen LogP contribution in [0.15, 0.2) is 52.1 Å². The summed E-state index contributed by atoms with van der Waals surface area (Å²) >= 11 is 8.26. The average Bonchev–Trinajstić information content (AvgIpc) is 2.61. The number of nitrogens with one attached hydrogen (secondary N) is 1. The second-order valence-electron chi connectivity index (χ2n) is 5.61. The number of carbonyl (C=O) groups excluding carboxylic acids is 1. The van der Waals surface area contributed by atoms with Crippen LogP contribution in [0.4, 0.5) is 5.69 Å². The monoisotopic (exact) mass is 483 g/mol. The SMILES string of the molecule is CCn1c(=O)c2ccccc2n(CC(=O)Nc2ccc(I)cc2Cl)c1=O. The Balaban J connectivity index is 2.02. The van der Waals surface area contributed by atoms with Crippen LogP contribution in [0.5, 0.6) is 0 Å². The summed E-state index contributed by atoms with van der Waals surface area (Å²) in [4.78, 5) is 37.6. The second kappa shape index (κ2) is 7.63. The van der Waals surface area contributed by atoms with Gasteiger partial charge in [0.1, 0.15) is 6.54 Å². The summed E-state index contributed by atoms with van der Waals surface area (Å²) in [5, 5.41) is 3.52. The molecule has 2 aromatic carbocycles. The van der Waals surface area contributed by atoms with Gasteiger partial charge in [-0.25, -0.2) is 4.79 Å². The van der Waals surface area contributed by atoms with Crippen molar-refractivity contribution in [2.75, 3.05) is 5.32 Å². The fourth-order valence-corrected chi connectivity index (χ4v) is 3.63. The van der Waals surface area contributed by atoms with Gasteiger partial charge in [0.05, 0.1) is 21.6 Å². The number of halogens is 2. The Morgan fingerprint density at radius 3 is 2.58 bits per heavy atom. The maximum absolute atomic E-state index is 12.7. The van der Waals surface area contributed by atoms with Crippen molar-refractivity contribution in [2.45, 2.75) is 20.0 Å². The topological polar surface area (TPSA) is 73.1 Å². The maximum atomic E-state index is 12.7. The molecule has 0 aliphatic heterocycles. The largest absolute Gasteiger partial charge is 0.331 e. The lowest BCUT2D eigenvalue weighted by atomic mass is 10.2. The van der Waals surface area contributed by atoms with Crippen LogP contribution < -0.4 is 16.6 Å². The van der Waals surface area contributed by atoms with Crippen molar-refractivity contribution < 1.29 is 4.79 Å². The molecule has 6 nitrogen and oxygen atoms in total. The van der Waals surface area contributed by atoms with Gasteiger partial charge >= 0.3 is 5.69 Å². The van der Waals surface area contributed by atoms with E-state index in [4.69, 9.17) is 11.6 Å². The van der Waals surface area contributed by atoms with Crippen molar-refractivity contribution in [3.8, 4) is 0 Å². The lowest BCUT2D eigenvalue weighted by Gasteiger charge is -2.13. The molecular weight excluding hydrogens is 469 g/mol. The van der Waals surface area contributed by atoms with Gasteiger partial charge < -0.3 is 5.32 Å². The van der Waals surface area contributed by atoms with Crippen LogP contribution in [0.1, 0.15) is 6.92 Å². The predicted octanol–water partition coefficient (Wildman–Crippen LogP) is 3.08. The van der Waals surface area contributed by atoms with Gasteiger partial charge in [0.15, 0.2) is 0 Å². The number of rotatable bonds is 4. The Morgan fingerprint density at radius 2 is 1.88 bits per heavy atom. The van der Waals surface area contributed by atoms with E-state index in [1.165, 1.54) is 4.57 Å². The molecule has 134 valence electrons. The van der Waals surface area contributed by atoms with Gasteiger partial charge in [0.25, 0.3) is 5.56 Å². The highest BCUT2D eigenvalue weighted by atomic mass is 127. The number of nitrogens with zero attached hydrogens (tertiary/aromatic N) is 2. The summed E-state index contributed by atoms with van der Waals surface area (Å²) in [6, 6.07) is 12.0. The van der Waals surface area contributed by atoms with Gasteiger partial charge in [-0.15, -0.1) is 0 Å². The minimum absolute atomic E-state index is 0.220. The predicted molar refractivity (Wildman–Crippen MR) is 111 cm³/mol. The molecule has 8 heteroatoms. The first kappa shape index (κ1) is 18.7. The zero-order chi connectivity index (χ0) is 18.8. The maximum Gasteiger partial charge on any atom is 0.331 e. The third kappa shape index (κ3) is 3.54. The van der Waals surface area contributed by atoms with Gasteiger partial charge in [-0.05, 0) is 59.8 Å². The van der Waals surface area contributed by atoms with Crippen molar-refractivity contribution in [3.63, 3.8) is 0 Å². The van der Waals surface area contributed by atoms with E-state index in [0.29, 0.717) is 21.6 Å². The third-order valence-corrected chi connectivity index (χ3v) is 4.94. The van der Waals surface area contributed by atoms with E-state index >= 15 is 0 Å². The number of amides is 1. The van der Waals surface area contributed by atoms with E-state index in [9.17, 15) is 14.4 Å². The van der Waals surface area contributed by atoms with Crippen LogP contribution in [0.25, 0.3) is 10.9 Å². The second-order valence-corrected chi connectivity index (χ2v) is 7.26. The normalized spacial score (nSPS) is 10.9. The molecule has 0 aliphatic carbocycles. The van der Waals surface area contributed by atoms with Crippen molar-refractivity contribution in [1.29, 1.82) is 0 Å². The van der Waals surface area contributed by atoms with Gasteiger partial charge in [0.2, 0.25) is 5.91 Å². The zero-order valence-corrected chi connectivity index (χ0v) is 16.7. The molecule has 0 unspecified atom stereocenters. The van der Waals surface area contributed by atoms with Gasteiger partial charge in [-0.3, -0.25) is 18.7 Å². The minimum Gasteiger partial charge on any atom is -0.323 e. The number of anilines is 1. The molecule has 0 radical (unpaired) electrons. The van der Waals surface area contributed by atoms with Gasteiger partial charge in [0, 0.05) is 10.1 Å². The molecule has 0 saturated heterocycles. The lowest BCUT2D eigenvalue weighted by Crippen LogP contribution is -2.41. The van der Waals surface area contributed by atoms with E-state index in [0.717, 1.165) is 8.14 Å². The van der Waals surface area contributed by atoms with E-state index < -0.39 is 11.6 Å². The summed E-state index contributed by atoms with van der Waals surface area (Å²) in [7, 11) is 0. The molecule has 3 aromatic rings. The molecule has 1 heterocycles. The molecule has 1 aromatic heterocycles. The number of hydrogen-bond donors (Lipinski definition) is 1. The van der Waals surface area contributed by atoms with Crippen LogP contribution in [-0.4, -0.2) is 15.0 Å². The number of benzene rings is 2.